The van der Waals surface area contributed by atoms with Gasteiger partial charge in [-0.2, -0.15) is 0 Å². The second kappa shape index (κ2) is 14.7. The lowest BCUT2D eigenvalue weighted by atomic mass is 9.70. The number of fused-ring (bicyclic) bond motifs is 16. The van der Waals surface area contributed by atoms with E-state index in [0.717, 1.165) is 33.9 Å². The summed E-state index contributed by atoms with van der Waals surface area (Å²) in [7, 11) is 0. The Balaban J connectivity index is 1.06. The molecule has 2 nitrogen and oxygen atoms in total. The molecule has 13 rings (SSSR count). The summed E-state index contributed by atoms with van der Waals surface area (Å²) in [5.41, 5.74) is 24.6. The van der Waals surface area contributed by atoms with E-state index in [9.17, 15) is 0 Å². The summed E-state index contributed by atoms with van der Waals surface area (Å²) in [6.07, 6.45) is 8.11. The molecule has 10 aromatic rings. The molecule has 0 saturated carbocycles. The normalized spacial score (nSPS) is 14.5. The number of allylic oxidation sites excluding steroid dienone is 5. The molecule has 0 aliphatic heterocycles. The van der Waals surface area contributed by atoms with Crippen molar-refractivity contribution in [3.8, 4) is 39.1 Å². The second-order valence-electron chi connectivity index (χ2n) is 18.8. The van der Waals surface area contributed by atoms with Gasteiger partial charge in [-0.05, 0) is 145 Å². The zero-order valence-electron chi connectivity index (χ0n) is 38.0. The van der Waals surface area contributed by atoms with Crippen LogP contribution in [0.15, 0.2) is 231 Å². The topological polar surface area (TPSA) is 8.17 Å². The first-order valence-corrected chi connectivity index (χ1v) is 23.5. The van der Waals surface area contributed by atoms with Gasteiger partial charge in [0.1, 0.15) is 0 Å². The fourth-order valence-corrected chi connectivity index (χ4v) is 12.2. The van der Waals surface area contributed by atoms with Crippen molar-refractivity contribution in [3.05, 3.63) is 270 Å². The zero-order chi connectivity index (χ0) is 45.0. The van der Waals surface area contributed by atoms with Gasteiger partial charge in [0, 0.05) is 38.9 Å². The molecule has 0 fully saturated rings. The van der Waals surface area contributed by atoms with Gasteiger partial charge in [-0.3, -0.25) is 0 Å². The quantitative estimate of drug-likeness (QED) is 0.145. The number of benzene rings is 9. The predicted octanol–water partition coefficient (Wildman–Crippen LogP) is 17.0. The number of aromatic nitrogens is 1. The molecule has 0 amide bonds. The summed E-state index contributed by atoms with van der Waals surface area (Å²) in [6, 6.07) is 75.3. The highest BCUT2D eigenvalue weighted by Crippen LogP contribution is 2.63. The van der Waals surface area contributed by atoms with E-state index in [1.165, 1.54) is 88.6 Å². The van der Waals surface area contributed by atoms with Gasteiger partial charge >= 0.3 is 0 Å². The van der Waals surface area contributed by atoms with Crippen molar-refractivity contribution in [2.24, 2.45) is 0 Å². The zero-order valence-corrected chi connectivity index (χ0v) is 38.0. The molecule has 0 N–H and O–H groups in total. The molecule has 1 aromatic heterocycles. The minimum atomic E-state index is -0.424. The molecule has 0 bridgehead atoms. The van der Waals surface area contributed by atoms with E-state index in [4.69, 9.17) is 0 Å². The van der Waals surface area contributed by atoms with Gasteiger partial charge in [-0.25, -0.2) is 0 Å². The lowest BCUT2D eigenvalue weighted by molar-refractivity contribution is 0.660. The van der Waals surface area contributed by atoms with Gasteiger partial charge in [0.25, 0.3) is 0 Å². The van der Waals surface area contributed by atoms with Crippen LogP contribution in [0.25, 0.3) is 66.4 Å². The highest BCUT2D eigenvalue weighted by molar-refractivity contribution is 6.13. The third-order valence-electron chi connectivity index (χ3n) is 15.1. The molecule has 1 heterocycles. The Labute approximate surface area is 392 Å². The number of para-hydroxylation sites is 1. The van der Waals surface area contributed by atoms with E-state index in [2.05, 4.69) is 249 Å². The fourth-order valence-electron chi connectivity index (χ4n) is 12.2. The maximum Gasteiger partial charge on any atom is 0.0725 e. The summed E-state index contributed by atoms with van der Waals surface area (Å²) >= 11 is 0. The molecule has 2 heteroatoms. The smallest absolute Gasteiger partial charge is 0.0725 e. The molecule has 9 aromatic carbocycles. The van der Waals surface area contributed by atoms with Crippen LogP contribution in [0.1, 0.15) is 59.7 Å². The average Bonchev–Trinajstić information content (AvgIpc) is 4.04. The highest BCUT2D eigenvalue weighted by atomic mass is 15.1. The van der Waals surface area contributed by atoms with E-state index < -0.39 is 5.41 Å². The number of hydrogen-bond acceptors (Lipinski definition) is 1. The number of anilines is 3. The molecule has 318 valence electrons. The van der Waals surface area contributed by atoms with Crippen LogP contribution in [-0.2, 0) is 10.8 Å². The van der Waals surface area contributed by atoms with Crippen LogP contribution in [-0.4, -0.2) is 4.57 Å². The van der Waals surface area contributed by atoms with Crippen molar-refractivity contribution in [1.29, 1.82) is 0 Å². The maximum atomic E-state index is 3.91. The SMILES string of the molecule is C=C/C=C\C(=C/C)c1ccc(N(c2ccc3c(c2)C(C)(C)c2ccccc2-3)c2ccc3c4cc5c(cc4n(-c4ccccc4)c3c2)-c2ccccc2C52c3ccccc3-c3ccccc32)cc1. The molecular weight excluding hydrogens is 809 g/mol. The van der Waals surface area contributed by atoms with Crippen molar-refractivity contribution in [2.75, 3.05) is 4.90 Å². The van der Waals surface area contributed by atoms with Gasteiger partial charge in [-0.15, -0.1) is 0 Å². The first kappa shape index (κ1) is 39.2. The van der Waals surface area contributed by atoms with Crippen LogP contribution in [0.4, 0.5) is 17.1 Å². The first-order chi connectivity index (χ1) is 32.9. The number of rotatable bonds is 7. The van der Waals surface area contributed by atoms with Crippen LogP contribution in [0, 0.1) is 0 Å². The van der Waals surface area contributed by atoms with E-state index >= 15 is 0 Å². The molecule has 0 atom stereocenters. The van der Waals surface area contributed by atoms with Crippen molar-refractivity contribution in [1.82, 2.24) is 4.57 Å². The Kier molecular flexibility index (Phi) is 8.57. The summed E-state index contributed by atoms with van der Waals surface area (Å²) < 4.78 is 2.49. The van der Waals surface area contributed by atoms with E-state index in [1.807, 2.05) is 12.2 Å². The van der Waals surface area contributed by atoms with E-state index in [0.29, 0.717) is 0 Å². The Morgan fingerprint density at radius 1 is 0.463 bits per heavy atom. The molecule has 67 heavy (non-hydrogen) atoms. The van der Waals surface area contributed by atoms with Crippen molar-refractivity contribution < 1.29 is 0 Å². The Morgan fingerprint density at radius 2 is 0.985 bits per heavy atom. The standard InChI is InChI=1S/C65H48N2/c1-5-7-19-42(6-2)43-30-32-45(33-31-43)66(46-34-36-52-48-22-11-15-26-56(48)64(3,4)60(52)38-46)47-35-37-53-55-40-61-54(41-63(55)67(62(53)39-47)44-20-9-8-10-21-44)51-25-14-18-29-59(51)65(61)57-27-16-12-23-49(57)50-24-13-17-28-58(50)65/h5-41H,1H2,2-4H3/b19-7-,42-6+. The summed E-state index contributed by atoms with van der Waals surface area (Å²) in [4.78, 5) is 2.45. The highest BCUT2D eigenvalue weighted by Gasteiger charge is 2.51. The van der Waals surface area contributed by atoms with Crippen molar-refractivity contribution in [2.45, 2.75) is 31.6 Å². The van der Waals surface area contributed by atoms with Gasteiger partial charge < -0.3 is 9.47 Å². The van der Waals surface area contributed by atoms with E-state index in [1.54, 1.807) is 0 Å². The average molecular weight is 857 g/mol. The Hall–Kier alpha value is -8.20. The lowest BCUT2D eigenvalue weighted by Crippen LogP contribution is -2.25. The molecule has 0 radical (unpaired) electrons. The molecule has 3 aliphatic rings. The minimum Gasteiger partial charge on any atom is -0.310 e. The van der Waals surface area contributed by atoms with Crippen LogP contribution < -0.4 is 4.90 Å². The lowest BCUT2D eigenvalue weighted by Gasteiger charge is -2.30. The monoisotopic (exact) mass is 856 g/mol. The van der Waals surface area contributed by atoms with Gasteiger partial charge in [0.05, 0.1) is 16.4 Å². The van der Waals surface area contributed by atoms with Crippen molar-refractivity contribution >= 4 is 44.4 Å². The van der Waals surface area contributed by atoms with Crippen LogP contribution in [0.5, 0.6) is 0 Å². The molecule has 0 saturated heterocycles. The third kappa shape index (κ3) is 5.45. The third-order valence-corrected chi connectivity index (χ3v) is 15.1. The van der Waals surface area contributed by atoms with Crippen LogP contribution >= 0.6 is 0 Å². The molecule has 1 spiro atoms. The Bertz CT molecular complexity index is 3700. The van der Waals surface area contributed by atoms with Gasteiger partial charge in [0.2, 0.25) is 0 Å². The minimum absolute atomic E-state index is 0.143. The Morgan fingerprint density at radius 3 is 1.63 bits per heavy atom. The second-order valence-corrected chi connectivity index (χ2v) is 18.8. The molecule has 3 aliphatic carbocycles. The molecule has 0 unspecified atom stereocenters. The van der Waals surface area contributed by atoms with Crippen LogP contribution in [0.3, 0.4) is 0 Å². The number of nitrogens with zero attached hydrogens (tertiary/aromatic N) is 2. The molecular formula is C65H48N2. The predicted molar refractivity (Wildman–Crippen MR) is 282 cm³/mol. The summed E-state index contributed by atoms with van der Waals surface area (Å²) in [5.74, 6) is 0. The van der Waals surface area contributed by atoms with Gasteiger partial charge in [-0.1, -0.05) is 184 Å². The van der Waals surface area contributed by atoms with Gasteiger partial charge in [0.15, 0.2) is 0 Å². The van der Waals surface area contributed by atoms with E-state index in [-0.39, 0.29) is 5.41 Å². The fraction of sp³-hybridized carbons (Fsp3) is 0.0769. The van der Waals surface area contributed by atoms with Crippen LogP contribution in [0.2, 0.25) is 0 Å². The first-order valence-electron chi connectivity index (χ1n) is 23.5. The summed E-state index contributed by atoms with van der Waals surface area (Å²) in [5, 5.41) is 2.47. The largest absolute Gasteiger partial charge is 0.310 e. The summed E-state index contributed by atoms with van der Waals surface area (Å²) in [6.45, 7) is 10.7. The number of hydrogen-bond donors (Lipinski definition) is 0. The van der Waals surface area contributed by atoms with Crippen molar-refractivity contribution in [3.63, 3.8) is 0 Å². The maximum absolute atomic E-state index is 3.91.